The molecule has 0 radical (unpaired) electrons. The molecule has 0 aromatic heterocycles. The molecule has 104 valence electrons. The molecule has 3 rings (SSSR count). The van der Waals surface area contributed by atoms with Crippen LogP contribution in [0.5, 0.6) is 11.5 Å². The van der Waals surface area contributed by atoms with Gasteiger partial charge in [0.15, 0.2) is 0 Å². The molecular weight excluding hydrogens is 250 g/mol. The number of rotatable bonds is 4. The summed E-state index contributed by atoms with van der Waals surface area (Å²) in [5, 5.41) is 0. The number of ether oxygens (including phenoxy) is 2. The van der Waals surface area contributed by atoms with Crippen molar-refractivity contribution in [1.29, 1.82) is 0 Å². The monoisotopic (exact) mass is 269 g/mol. The highest BCUT2D eigenvalue weighted by Crippen LogP contribution is 2.29. The molecule has 1 atom stereocenters. The largest absolute Gasteiger partial charge is 0.494 e. The van der Waals surface area contributed by atoms with E-state index in [1.54, 1.807) is 0 Å². The van der Waals surface area contributed by atoms with E-state index < -0.39 is 0 Å². The maximum absolute atomic E-state index is 6.43. The van der Waals surface area contributed by atoms with Crippen LogP contribution in [0.2, 0.25) is 0 Å². The molecule has 1 aliphatic heterocycles. The molecule has 0 bridgehead atoms. The van der Waals surface area contributed by atoms with Crippen LogP contribution in [0.3, 0.4) is 0 Å². The van der Waals surface area contributed by atoms with Gasteiger partial charge in [-0.25, -0.2) is 0 Å². The molecular formula is C17H19NO2. The van der Waals surface area contributed by atoms with Gasteiger partial charge < -0.3 is 15.2 Å². The maximum atomic E-state index is 6.43. The summed E-state index contributed by atoms with van der Waals surface area (Å²) in [6, 6.07) is 17.9. The van der Waals surface area contributed by atoms with Crippen molar-refractivity contribution in [3.8, 4) is 11.5 Å². The lowest BCUT2D eigenvalue weighted by molar-refractivity contribution is 0.158. The van der Waals surface area contributed by atoms with E-state index in [1.165, 1.54) is 5.56 Å². The average molecular weight is 269 g/mol. The molecule has 0 amide bonds. The molecule has 1 heterocycles. The van der Waals surface area contributed by atoms with Crippen molar-refractivity contribution in [2.24, 2.45) is 5.73 Å². The van der Waals surface area contributed by atoms with Crippen LogP contribution >= 0.6 is 0 Å². The van der Waals surface area contributed by atoms with E-state index in [0.29, 0.717) is 13.2 Å². The Hall–Kier alpha value is -2.00. The van der Waals surface area contributed by atoms with Crippen molar-refractivity contribution in [3.05, 3.63) is 60.2 Å². The van der Waals surface area contributed by atoms with Crippen LogP contribution in [0.15, 0.2) is 54.6 Å². The van der Waals surface area contributed by atoms with E-state index in [4.69, 9.17) is 15.2 Å². The molecule has 3 heteroatoms. The quantitative estimate of drug-likeness (QED) is 0.928. The summed E-state index contributed by atoms with van der Waals surface area (Å²) in [6.45, 7) is 1.15. The Balaban J connectivity index is 1.58. The standard InChI is InChI=1S/C17H19NO2/c18-17(10-11-19-15-7-2-1-3-8-15)12-14-6-4-5-9-16(14)20-13-17/h1-9H,10-13,18H2. The molecule has 1 unspecified atom stereocenters. The van der Waals surface area contributed by atoms with Crippen molar-refractivity contribution in [3.63, 3.8) is 0 Å². The summed E-state index contributed by atoms with van der Waals surface area (Å²) < 4.78 is 11.5. The van der Waals surface area contributed by atoms with Crippen LogP contribution in [-0.2, 0) is 6.42 Å². The van der Waals surface area contributed by atoms with E-state index in [1.807, 2.05) is 48.5 Å². The second-order valence-electron chi connectivity index (χ2n) is 5.35. The van der Waals surface area contributed by atoms with Gasteiger partial charge in [0.25, 0.3) is 0 Å². The number of hydrogen-bond acceptors (Lipinski definition) is 3. The van der Waals surface area contributed by atoms with Crippen LogP contribution in [0, 0.1) is 0 Å². The van der Waals surface area contributed by atoms with Gasteiger partial charge in [-0.1, -0.05) is 36.4 Å². The first-order chi connectivity index (χ1) is 9.75. The SMILES string of the molecule is NC1(CCOc2ccccc2)COc2ccccc2C1. The van der Waals surface area contributed by atoms with Gasteiger partial charge in [0.2, 0.25) is 0 Å². The highest BCUT2D eigenvalue weighted by molar-refractivity contribution is 5.36. The zero-order chi connectivity index (χ0) is 13.8. The van der Waals surface area contributed by atoms with Crippen LogP contribution in [0.1, 0.15) is 12.0 Å². The van der Waals surface area contributed by atoms with Crippen LogP contribution in [-0.4, -0.2) is 18.8 Å². The minimum Gasteiger partial charge on any atom is -0.494 e. The second-order valence-corrected chi connectivity index (χ2v) is 5.35. The van der Waals surface area contributed by atoms with Crippen molar-refractivity contribution < 1.29 is 9.47 Å². The molecule has 0 spiro atoms. The Morgan fingerprint density at radius 1 is 1.05 bits per heavy atom. The molecule has 0 saturated heterocycles. The first-order valence-electron chi connectivity index (χ1n) is 6.93. The number of nitrogens with two attached hydrogens (primary N) is 1. The highest BCUT2D eigenvalue weighted by Gasteiger charge is 2.31. The summed E-state index contributed by atoms with van der Waals surface area (Å²) in [5.41, 5.74) is 7.27. The van der Waals surface area contributed by atoms with Crippen molar-refractivity contribution in [2.45, 2.75) is 18.4 Å². The van der Waals surface area contributed by atoms with E-state index in [2.05, 4.69) is 6.07 Å². The molecule has 0 aliphatic carbocycles. The molecule has 1 aliphatic rings. The number of para-hydroxylation sites is 2. The van der Waals surface area contributed by atoms with Crippen molar-refractivity contribution in [1.82, 2.24) is 0 Å². The van der Waals surface area contributed by atoms with E-state index in [-0.39, 0.29) is 5.54 Å². The lowest BCUT2D eigenvalue weighted by Crippen LogP contribution is -2.50. The normalized spacial score (nSPS) is 20.9. The Morgan fingerprint density at radius 3 is 2.65 bits per heavy atom. The van der Waals surface area contributed by atoms with Gasteiger partial charge in [-0.15, -0.1) is 0 Å². The van der Waals surface area contributed by atoms with Crippen LogP contribution in [0.25, 0.3) is 0 Å². The smallest absolute Gasteiger partial charge is 0.122 e. The minimum atomic E-state index is -0.344. The van der Waals surface area contributed by atoms with Gasteiger partial charge in [0.05, 0.1) is 12.1 Å². The summed E-state index contributed by atoms with van der Waals surface area (Å²) in [6.07, 6.45) is 1.61. The van der Waals surface area contributed by atoms with Crippen LogP contribution in [0.4, 0.5) is 0 Å². The number of hydrogen-bond donors (Lipinski definition) is 1. The predicted molar refractivity (Wildman–Crippen MR) is 79.1 cm³/mol. The fraction of sp³-hybridized carbons (Fsp3) is 0.294. The third-order valence-electron chi connectivity index (χ3n) is 3.64. The Bertz CT molecular complexity index is 570. The zero-order valence-electron chi connectivity index (χ0n) is 11.4. The van der Waals surface area contributed by atoms with E-state index in [0.717, 1.165) is 24.3 Å². The lowest BCUT2D eigenvalue weighted by atomic mass is 9.87. The molecule has 0 saturated carbocycles. The fourth-order valence-electron chi connectivity index (χ4n) is 2.49. The Labute approximate surface area is 119 Å². The topological polar surface area (TPSA) is 44.5 Å². The first kappa shape index (κ1) is 13.0. The summed E-state index contributed by atoms with van der Waals surface area (Å²) in [4.78, 5) is 0. The maximum Gasteiger partial charge on any atom is 0.122 e. The Morgan fingerprint density at radius 2 is 1.80 bits per heavy atom. The molecule has 0 fully saturated rings. The van der Waals surface area contributed by atoms with Gasteiger partial charge in [-0.2, -0.15) is 0 Å². The fourth-order valence-corrected chi connectivity index (χ4v) is 2.49. The lowest BCUT2D eigenvalue weighted by Gasteiger charge is -2.34. The van der Waals surface area contributed by atoms with Gasteiger partial charge >= 0.3 is 0 Å². The molecule has 2 aromatic rings. The summed E-state index contributed by atoms with van der Waals surface area (Å²) >= 11 is 0. The molecule has 2 N–H and O–H groups in total. The van der Waals surface area contributed by atoms with Gasteiger partial charge in [-0.3, -0.25) is 0 Å². The van der Waals surface area contributed by atoms with Gasteiger partial charge in [-0.05, 0) is 30.2 Å². The zero-order valence-corrected chi connectivity index (χ0v) is 11.4. The van der Waals surface area contributed by atoms with Gasteiger partial charge in [0.1, 0.15) is 18.1 Å². The Kier molecular flexibility index (Phi) is 3.61. The average Bonchev–Trinajstić information content (AvgIpc) is 2.48. The third kappa shape index (κ3) is 2.94. The number of benzene rings is 2. The summed E-state index contributed by atoms with van der Waals surface area (Å²) in [5.74, 6) is 1.84. The van der Waals surface area contributed by atoms with Crippen LogP contribution < -0.4 is 15.2 Å². The minimum absolute atomic E-state index is 0.344. The molecule has 2 aromatic carbocycles. The molecule has 20 heavy (non-hydrogen) atoms. The van der Waals surface area contributed by atoms with E-state index >= 15 is 0 Å². The number of fused-ring (bicyclic) bond motifs is 1. The molecule has 3 nitrogen and oxygen atoms in total. The highest BCUT2D eigenvalue weighted by atomic mass is 16.5. The van der Waals surface area contributed by atoms with Gasteiger partial charge in [0, 0.05) is 6.42 Å². The van der Waals surface area contributed by atoms with Crippen molar-refractivity contribution >= 4 is 0 Å². The van der Waals surface area contributed by atoms with E-state index in [9.17, 15) is 0 Å². The predicted octanol–water partition coefficient (Wildman–Crippen LogP) is 2.79. The second kappa shape index (κ2) is 5.55. The third-order valence-corrected chi connectivity index (χ3v) is 3.64. The first-order valence-corrected chi connectivity index (χ1v) is 6.93. The van der Waals surface area contributed by atoms with Crippen molar-refractivity contribution in [2.75, 3.05) is 13.2 Å². The summed E-state index contributed by atoms with van der Waals surface area (Å²) in [7, 11) is 0.